The third-order valence-electron chi connectivity index (χ3n) is 5.26. The summed E-state index contributed by atoms with van der Waals surface area (Å²) in [6.07, 6.45) is 1.90. The van der Waals surface area contributed by atoms with Crippen LogP contribution in [0.4, 0.5) is 0 Å². The van der Waals surface area contributed by atoms with Gasteiger partial charge in [-0.1, -0.05) is 6.07 Å². The Labute approximate surface area is 171 Å². The molecule has 0 spiro atoms. The van der Waals surface area contributed by atoms with Crippen LogP contribution in [-0.4, -0.2) is 43.8 Å². The van der Waals surface area contributed by atoms with Gasteiger partial charge in [-0.25, -0.2) is 0 Å². The number of carbonyl (C=O) groups excluding carboxylic acids is 1. The minimum atomic E-state index is 0.00592. The summed E-state index contributed by atoms with van der Waals surface area (Å²) in [5.74, 6) is 2.80. The summed E-state index contributed by atoms with van der Waals surface area (Å²) in [7, 11) is 0. The molecule has 2 aromatic carbocycles. The van der Waals surface area contributed by atoms with Crippen molar-refractivity contribution in [3.63, 3.8) is 0 Å². The van der Waals surface area contributed by atoms with Crippen LogP contribution in [0.2, 0.25) is 0 Å². The third-order valence-corrected chi connectivity index (χ3v) is 5.26. The quantitative estimate of drug-likeness (QED) is 0.730. The first-order chi connectivity index (χ1) is 14.2. The molecule has 1 fully saturated rings. The van der Waals surface area contributed by atoms with Crippen molar-refractivity contribution in [2.24, 2.45) is 0 Å². The van der Waals surface area contributed by atoms with Crippen LogP contribution < -0.4 is 18.9 Å². The first-order valence-corrected chi connectivity index (χ1v) is 10.3. The molecule has 154 valence electrons. The molecule has 2 aliphatic heterocycles. The number of ether oxygens (including phenoxy) is 4. The lowest BCUT2D eigenvalue weighted by Gasteiger charge is -2.27. The van der Waals surface area contributed by atoms with E-state index in [-0.39, 0.29) is 11.9 Å². The highest BCUT2D eigenvalue weighted by Gasteiger charge is 2.32. The fraction of sp³-hybridized carbons (Fsp3) is 0.435. The summed E-state index contributed by atoms with van der Waals surface area (Å²) < 4.78 is 22.7. The summed E-state index contributed by atoms with van der Waals surface area (Å²) in [5.41, 5.74) is 1.69. The fourth-order valence-electron chi connectivity index (χ4n) is 3.97. The molecule has 0 aromatic heterocycles. The van der Waals surface area contributed by atoms with E-state index in [1.165, 1.54) is 0 Å². The average Bonchev–Trinajstić information content (AvgIpc) is 3.24. The summed E-state index contributed by atoms with van der Waals surface area (Å²) in [6, 6.07) is 11.4. The van der Waals surface area contributed by atoms with Crippen molar-refractivity contribution in [1.29, 1.82) is 0 Å². The number of carbonyl (C=O) groups is 1. The molecular formula is C23H27NO5. The lowest BCUT2D eigenvalue weighted by Crippen LogP contribution is -2.30. The minimum Gasteiger partial charge on any atom is -0.490 e. The molecule has 0 N–H and O–H groups in total. The van der Waals surface area contributed by atoms with Gasteiger partial charge in [0.25, 0.3) is 5.91 Å². The Bertz CT molecular complexity index is 882. The summed E-state index contributed by atoms with van der Waals surface area (Å²) >= 11 is 0. The van der Waals surface area contributed by atoms with Gasteiger partial charge >= 0.3 is 0 Å². The molecule has 1 amide bonds. The Morgan fingerprint density at radius 1 is 1.00 bits per heavy atom. The highest BCUT2D eigenvalue weighted by Crippen LogP contribution is 2.39. The van der Waals surface area contributed by atoms with Crippen LogP contribution in [0.15, 0.2) is 36.4 Å². The number of hydrogen-bond donors (Lipinski definition) is 0. The zero-order valence-electron chi connectivity index (χ0n) is 17.0. The van der Waals surface area contributed by atoms with E-state index in [0.29, 0.717) is 43.5 Å². The lowest BCUT2D eigenvalue weighted by molar-refractivity contribution is 0.0734. The van der Waals surface area contributed by atoms with E-state index < -0.39 is 0 Å². The zero-order valence-corrected chi connectivity index (χ0v) is 17.0. The van der Waals surface area contributed by atoms with Gasteiger partial charge in [0, 0.05) is 12.1 Å². The molecule has 29 heavy (non-hydrogen) atoms. The normalized spacial score (nSPS) is 17.9. The van der Waals surface area contributed by atoms with Crippen LogP contribution in [0, 0.1) is 0 Å². The Hall–Kier alpha value is -2.89. The molecule has 2 aliphatic rings. The Morgan fingerprint density at radius 2 is 1.76 bits per heavy atom. The van der Waals surface area contributed by atoms with Crippen molar-refractivity contribution >= 4 is 5.91 Å². The number of likely N-dealkylation sites (tertiary alicyclic amines) is 1. The maximum Gasteiger partial charge on any atom is 0.254 e. The van der Waals surface area contributed by atoms with Crippen LogP contribution in [0.25, 0.3) is 0 Å². The highest BCUT2D eigenvalue weighted by molar-refractivity contribution is 5.95. The van der Waals surface area contributed by atoms with Crippen molar-refractivity contribution in [3.8, 4) is 23.0 Å². The first kappa shape index (κ1) is 19.4. The zero-order chi connectivity index (χ0) is 20.2. The van der Waals surface area contributed by atoms with Gasteiger partial charge in [0.1, 0.15) is 13.2 Å². The maximum absolute atomic E-state index is 13.3. The monoisotopic (exact) mass is 397 g/mol. The van der Waals surface area contributed by atoms with Gasteiger partial charge in [0.05, 0.1) is 19.3 Å². The molecule has 0 saturated carbocycles. The van der Waals surface area contributed by atoms with Crippen molar-refractivity contribution in [2.45, 2.75) is 32.7 Å². The van der Waals surface area contributed by atoms with E-state index in [4.69, 9.17) is 18.9 Å². The first-order valence-electron chi connectivity index (χ1n) is 10.3. The Kier molecular flexibility index (Phi) is 5.79. The predicted octanol–water partition coefficient (Wildman–Crippen LogP) is 4.23. The molecule has 1 atom stereocenters. The number of hydrogen-bond acceptors (Lipinski definition) is 5. The number of benzene rings is 2. The Morgan fingerprint density at radius 3 is 2.55 bits per heavy atom. The van der Waals surface area contributed by atoms with Gasteiger partial charge in [-0.2, -0.15) is 0 Å². The topological polar surface area (TPSA) is 57.2 Å². The van der Waals surface area contributed by atoms with Crippen molar-refractivity contribution < 1.29 is 23.7 Å². The predicted molar refractivity (Wildman–Crippen MR) is 109 cm³/mol. The van der Waals surface area contributed by atoms with Gasteiger partial charge in [-0.3, -0.25) is 4.79 Å². The second-order valence-electron chi connectivity index (χ2n) is 7.09. The molecule has 6 heteroatoms. The molecule has 0 bridgehead atoms. The van der Waals surface area contributed by atoms with E-state index in [1.807, 2.05) is 49.1 Å². The Balaban J connectivity index is 1.58. The van der Waals surface area contributed by atoms with Crippen LogP contribution in [0.3, 0.4) is 0 Å². The van der Waals surface area contributed by atoms with Gasteiger partial charge in [-0.05, 0) is 62.6 Å². The summed E-state index contributed by atoms with van der Waals surface area (Å²) in [5, 5.41) is 0. The number of fused-ring (bicyclic) bond motifs is 1. The van der Waals surface area contributed by atoms with Gasteiger partial charge in [-0.15, -0.1) is 0 Å². The number of rotatable bonds is 6. The molecular weight excluding hydrogens is 370 g/mol. The van der Waals surface area contributed by atoms with E-state index in [1.54, 1.807) is 6.07 Å². The van der Waals surface area contributed by atoms with Crippen LogP contribution >= 0.6 is 0 Å². The SMILES string of the molecule is CCOc1ccc(C(=O)N2CCCC2c2ccc3c(c2)OCCO3)cc1OCC. The van der Waals surface area contributed by atoms with E-state index in [2.05, 4.69) is 0 Å². The molecule has 0 radical (unpaired) electrons. The van der Waals surface area contributed by atoms with Crippen molar-refractivity contribution in [2.75, 3.05) is 33.0 Å². The van der Waals surface area contributed by atoms with Crippen molar-refractivity contribution in [1.82, 2.24) is 4.90 Å². The number of amides is 1. The second-order valence-corrected chi connectivity index (χ2v) is 7.09. The molecule has 0 aliphatic carbocycles. The standard InChI is InChI=1S/C23H27NO5/c1-3-26-19-10-8-17(15-21(19)27-4-2)23(25)24-11-5-6-18(24)16-7-9-20-22(14-16)29-13-12-28-20/h7-10,14-15,18H,3-6,11-13H2,1-2H3. The van der Waals surface area contributed by atoms with Crippen LogP contribution in [0.5, 0.6) is 23.0 Å². The van der Waals surface area contributed by atoms with E-state index >= 15 is 0 Å². The van der Waals surface area contributed by atoms with Crippen molar-refractivity contribution in [3.05, 3.63) is 47.5 Å². The summed E-state index contributed by atoms with van der Waals surface area (Å²) in [6.45, 7) is 6.76. The third kappa shape index (κ3) is 3.97. The minimum absolute atomic E-state index is 0.00592. The molecule has 2 heterocycles. The maximum atomic E-state index is 13.3. The van der Waals surface area contributed by atoms with Gasteiger partial charge in [0.2, 0.25) is 0 Å². The summed E-state index contributed by atoms with van der Waals surface area (Å²) in [4.78, 5) is 15.3. The van der Waals surface area contributed by atoms with E-state index in [0.717, 1.165) is 36.4 Å². The van der Waals surface area contributed by atoms with Gasteiger partial charge < -0.3 is 23.8 Å². The average molecular weight is 397 g/mol. The van der Waals surface area contributed by atoms with Gasteiger partial charge in [0.15, 0.2) is 23.0 Å². The largest absolute Gasteiger partial charge is 0.490 e. The molecule has 2 aromatic rings. The molecule has 1 unspecified atom stereocenters. The highest BCUT2D eigenvalue weighted by atomic mass is 16.6. The molecule has 1 saturated heterocycles. The van der Waals surface area contributed by atoms with Crippen LogP contribution in [0.1, 0.15) is 48.7 Å². The fourth-order valence-corrected chi connectivity index (χ4v) is 3.97. The lowest BCUT2D eigenvalue weighted by atomic mass is 10.0. The smallest absolute Gasteiger partial charge is 0.254 e. The molecule has 4 rings (SSSR count). The van der Waals surface area contributed by atoms with Crippen LogP contribution in [-0.2, 0) is 0 Å². The number of nitrogens with zero attached hydrogens (tertiary/aromatic N) is 1. The molecule has 6 nitrogen and oxygen atoms in total. The second kappa shape index (κ2) is 8.64. The van der Waals surface area contributed by atoms with E-state index in [9.17, 15) is 4.79 Å².